The van der Waals surface area contributed by atoms with Gasteiger partial charge in [-0.05, 0) is 64.2 Å². The number of rotatable bonds is 6. The van der Waals surface area contributed by atoms with E-state index in [9.17, 15) is 18.0 Å². The largest absolute Gasteiger partial charge is 0.341 e. The van der Waals surface area contributed by atoms with Gasteiger partial charge in [0, 0.05) is 31.9 Å². The predicted molar refractivity (Wildman–Crippen MR) is 129 cm³/mol. The molecular weight excluding hydrogens is 454 g/mol. The number of carbonyl (C=O) groups excluding carboxylic acids is 2. The number of piperidine rings is 1. The molecule has 10 heteroatoms. The van der Waals surface area contributed by atoms with Crippen molar-refractivity contribution in [1.29, 1.82) is 0 Å². The van der Waals surface area contributed by atoms with E-state index in [0.717, 1.165) is 31.5 Å². The van der Waals surface area contributed by atoms with E-state index in [1.165, 1.54) is 8.99 Å². The van der Waals surface area contributed by atoms with E-state index in [-0.39, 0.29) is 29.8 Å². The number of aromatic nitrogens is 2. The molecule has 2 saturated heterocycles. The van der Waals surface area contributed by atoms with Crippen LogP contribution in [0.25, 0.3) is 0 Å². The summed E-state index contributed by atoms with van der Waals surface area (Å²) in [7, 11) is -3.86. The molecule has 2 aromatic rings. The fourth-order valence-electron chi connectivity index (χ4n) is 4.87. The molecule has 3 heterocycles. The van der Waals surface area contributed by atoms with Crippen LogP contribution in [0.15, 0.2) is 29.2 Å². The first kappa shape index (κ1) is 24.4. The second-order valence-corrected chi connectivity index (χ2v) is 11.2. The van der Waals surface area contributed by atoms with Crippen LogP contribution in [0.1, 0.15) is 42.6 Å². The van der Waals surface area contributed by atoms with Crippen LogP contribution in [0.4, 0.5) is 5.69 Å². The summed E-state index contributed by atoms with van der Waals surface area (Å²) in [6.07, 6.45) is 3.22. The van der Waals surface area contributed by atoms with Gasteiger partial charge in [0.05, 0.1) is 17.3 Å². The van der Waals surface area contributed by atoms with E-state index in [2.05, 4.69) is 10.4 Å². The number of hydrogen-bond acceptors (Lipinski definition) is 5. The van der Waals surface area contributed by atoms with Crippen molar-refractivity contribution in [3.05, 3.63) is 41.2 Å². The van der Waals surface area contributed by atoms with E-state index in [0.29, 0.717) is 36.5 Å². The highest BCUT2D eigenvalue weighted by Crippen LogP contribution is 2.28. The highest BCUT2D eigenvalue weighted by atomic mass is 32.2. The molecule has 4 rings (SSSR count). The van der Waals surface area contributed by atoms with Gasteiger partial charge < -0.3 is 10.2 Å². The Morgan fingerprint density at radius 3 is 2.53 bits per heavy atom. The van der Waals surface area contributed by atoms with Crippen molar-refractivity contribution in [2.24, 2.45) is 5.92 Å². The monoisotopic (exact) mass is 487 g/mol. The van der Waals surface area contributed by atoms with Crippen LogP contribution in [0.5, 0.6) is 0 Å². The van der Waals surface area contributed by atoms with Crippen LogP contribution in [-0.2, 0) is 26.2 Å². The van der Waals surface area contributed by atoms with Gasteiger partial charge in [-0.1, -0.05) is 12.1 Å². The van der Waals surface area contributed by atoms with Gasteiger partial charge in [0.15, 0.2) is 0 Å². The lowest BCUT2D eigenvalue weighted by molar-refractivity contribution is -0.131. The Bertz CT molecular complexity index is 1180. The summed E-state index contributed by atoms with van der Waals surface area (Å²) in [6.45, 7) is 7.28. The Morgan fingerprint density at radius 2 is 1.82 bits per heavy atom. The van der Waals surface area contributed by atoms with Crippen LogP contribution in [0.3, 0.4) is 0 Å². The zero-order valence-electron chi connectivity index (χ0n) is 20.1. The number of likely N-dealkylation sites (tertiary alicyclic amines) is 1. The standard InChI is InChI=1S/C24H33N5O4S/c1-17-8-6-10-21(14-17)25-24(31)20-9-7-13-28(15-20)34(32,33)23-18(2)26-29(19(23)3)16-22(30)27-11-4-5-12-27/h6,8,10,14,20H,4-5,7,9,11-13,15-16H2,1-3H3,(H,25,31)/t20-/m1/s1. The summed E-state index contributed by atoms with van der Waals surface area (Å²) in [4.78, 5) is 27.4. The molecule has 2 aliphatic rings. The Morgan fingerprint density at radius 1 is 1.09 bits per heavy atom. The minimum absolute atomic E-state index is 0.0315. The zero-order valence-corrected chi connectivity index (χ0v) is 20.9. The first-order chi connectivity index (χ1) is 16.2. The molecule has 1 aromatic carbocycles. The fourth-order valence-corrected chi connectivity index (χ4v) is 6.77. The minimum Gasteiger partial charge on any atom is -0.341 e. The normalized spacial score (nSPS) is 19.4. The van der Waals surface area contributed by atoms with Gasteiger partial charge in [0.1, 0.15) is 11.4 Å². The number of amides is 2. The van der Waals surface area contributed by atoms with Crippen molar-refractivity contribution in [2.75, 3.05) is 31.5 Å². The summed E-state index contributed by atoms with van der Waals surface area (Å²) in [5, 5.41) is 7.31. The third-order valence-corrected chi connectivity index (χ3v) is 8.82. The number of nitrogens with one attached hydrogen (secondary N) is 1. The van der Waals surface area contributed by atoms with Crippen LogP contribution in [-0.4, -0.2) is 65.4 Å². The SMILES string of the molecule is Cc1cccc(NC(=O)[C@@H]2CCCN(S(=O)(=O)c3c(C)nn(CC(=O)N4CCCC4)c3C)C2)c1. The Balaban J connectivity index is 1.49. The summed E-state index contributed by atoms with van der Waals surface area (Å²) in [5.41, 5.74) is 2.58. The van der Waals surface area contributed by atoms with Crippen molar-refractivity contribution in [3.63, 3.8) is 0 Å². The lowest BCUT2D eigenvalue weighted by Gasteiger charge is -2.31. The fraction of sp³-hybridized carbons (Fsp3) is 0.542. The average Bonchev–Trinajstić information content (AvgIpc) is 3.42. The molecule has 1 aromatic heterocycles. The third kappa shape index (κ3) is 5.02. The number of hydrogen-bond donors (Lipinski definition) is 1. The molecule has 184 valence electrons. The molecule has 2 aliphatic heterocycles. The van der Waals surface area contributed by atoms with Crippen molar-refractivity contribution in [1.82, 2.24) is 19.0 Å². The molecule has 0 spiro atoms. The topological polar surface area (TPSA) is 105 Å². The highest BCUT2D eigenvalue weighted by molar-refractivity contribution is 7.89. The van der Waals surface area contributed by atoms with Crippen LogP contribution in [0.2, 0.25) is 0 Å². The van der Waals surface area contributed by atoms with Gasteiger partial charge in [-0.15, -0.1) is 0 Å². The molecule has 0 aliphatic carbocycles. The molecule has 1 N–H and O–H groups in total. The molecule has 2 fully saturated rings. The lowest BCUT2D eigenvalue weighted by atomic mass is 9.98. The number of sulfonamides is 1. The van der Waals surface area contributed by atoms with Crippen molar-refractivity contribution >= 4 is 27.5 Å². The molecule has 9 nitrogen and oxygen atoms in total. The number of aryl methyl sites for hydroxylation is 2. The summed E-state index contributed by atoms with van der Waals surface area (Å²) < 4.78 is 30.1. The zero-order chi connectivity index (χ0) is 24.5. The minimum atomic E-state index is -3.86. The Hall–Kier alpha value is -2.72. The average molecular weight is 488 g/mol. The van der Waals surface area contributed by atoms with E-state index in [1.807, 2.05) is 31.2 Å². The maximum absolute atomic E-state index is 13.6. The van der Waals surface area contributed by atoms with Gasteiger partial charge >= 0.3 is 0 Å². The molecule has 0 bridgehead atoms. The molecule has 0 unspecified atom stereocenters. The smallest absolute Gasteiger partial charge is 0.246 e. The van der Waals surface area contributed by atoms with Gasteiger partial charge in [0.2, 0.25) is 21.8 Å². The third-order valence-electron chi connectivity index (χ3n) is 6.70. The van der Waals surface area contributed by atoms with Crippen molar-refractivity contribution in [3.8, 4) is 0 Å². The summed E-state index contributed by atoms with van der Waals surface area (Å²) in [5.74, 6) is -0.653. The maximum atomic E-state index is 13.6. The van der Waals surface area contributed by atoms with Crippen LogP contribution >= 0.6 is 0 Å². The number of anilines is 1. The van der Waals surface area contributed by atoms with E-state index in [4.69, 9.17) is 0 Å². The first-order valence-corrected chi connectivity index (χ1v) is 13.3. The van der Waals surface area contributed by atoms with Gasteiger partial charge in [-0.25, -0.2) is 8.42 Å². The number of benzene rings is 1. The maximum Gasteiger partial charge on any atom is 0.246 e. The molecular formula is C24H33N5O4S. The van der Waals surface area contributed by atoms with Gasteiger partial charge in [-0.2, -0.15) is 9.40 Å². The van der Waals surface area contributed by atoms with E-state index < -0.39 is 15.9 Å². The second kappa shape index (κ2) is 9.87. The van der Waals surface area contributed by atoms with Crippen LogP contribution < -0.4 is 5.32 Å². The quantitative estimate of drug-likeness (QED) is 0.674. The van der Waals surface area contributed by atoms with Gasteiger partial charge in [-0.3, -0.25) is 14.3 Å². The van der Waals surface area contributed by atoms with E-state index >= 15 is 0 Å². The van der Waals surface area contributed by atoms with E-state index in [1.54, 1.807) is 18.7 Å². The number of carbonyl (C=O) groups is 2. The summed E-state index contributed by atoms with van der Waals surface area (Å²) in [6, 6.07) is 7.54. The first-order valence-electron chi connectivity index (χ1n) is 11.9. The highest BCUT2D eigenvalue weighted by Gasteiger charge is 2.36. The lowest BCUT2D eigenvalue weighted by Crippen LogP contribution is -2.44. The van der Waals surface area contributed by atoms with Crippen LogP contribution in [0, 0.1) is 26.7 Å². The molecule has 1 atom stereocenters. The number of nitrogens with zero attached hydrogens (tertiary/aromatic N) is 4. The Labute approximate surface area is 201 Å². The molecule has 0 radical (unpaired) electrons. The molecule has 34 heavy (non-hydrogen) atoms. The Kier molecular flexibility index (Phi) is 7.09. The van der Waals surface area contributed by atoms with Crippen molar-refractivity contribution < 1.29 is 18.0 Å². The molecule has 2 amide bonds. The summed E-state index contributed by atoms with van der Waals surface area (Å²) >= 11 is 0. The van der Waals surface area contributed by atoms with Crippen molar-refractivity contribution in [2.45, 2.75) is 57.9 Å². The van der Waals surface area contributed by atoms with Gasteiger partial charge in [0.25, 0.3) is 0 Å². The molecule has 0 saturated carbocycles. The second-order valence-electron chi connectivity index (χ2n) is 9.31. The predicted octanol–water partition coefficient (Wildman–Crippen LogP) is 2.47.